The van der Waals surface area contributed by atoms with E-state index in [0.717, 1.165) is 24.1 Å². The second-order valence-corrected chi connectivity index (χ2v) is 7.24. The molecule has 28 heavy (non-hydrogen) atoms. The van der Waals surface area contributed by atoms with E-state index < -0.39 is 0 Å². The van der Waals surface area contributed by atoms with Crippen molar-refractivity contribution in [1.82, 2.24) is 0 Å². The number of carbonyl (C=O) groups excluding carboxylic acids is 1. The molecule has 2 rings (SSSR count). The number of benzene rings is 2. The first-order valence-corrected chi connectivity index (χ1v) is 10.3. The average molecular weight is 384 g/mol. The predicted octanol–water partition coefficient (Wildman–Crippen LogP) is 5.67. The van der Waals surface area contributed by atoms with Gasteiger partial charge in [0, 0.05) is 18.7 Å². The van der Waals surface area contributed by atoms with E-state index in [1.54, 1.807) is 12.1 Å². The lowest BCUT2D eigenvalue weighted by atomic mass is 10.1. The number of nitrogens with one attached hydrogen (secondary N) is 2. The SMILES string of the molecule is CCCCCCCCCC(=O)Nc1ccc(NCc2ccc(O)cc2)cc1N. The summed E-state index contributed by atoms with van der Waals surface area (Å²) in [6.07, 6.45) is 8.89. The van der Waals surface area contributed by atoms with Crippen LogP contribution >= 0.6 is 0 Å². The number of nitrogens with two attached hydrogens (primary N) is 1. The van der Waals surface area contributed by atoms with Gasteiger partial charge >= 0.3 is 0 Å². The summed E-state index contributed by atoms with van der Waals surface area (Å²) in [6.45, 7) is 2.85. The molecule has 0 bridgehead atoms. The van der Waals surface area contributed by atoms with Crippen LogP contribution < -0.4 is 16.4 Å². The monoisotopic (exact) mass is 383 g/mol. The third-order valence-electron chi connectivity index (χ3n) is 4.77. The highest BCUT2D eigenvalue weighted by molar-refractivity contribution is 5.94. The van der Waals surface area contributed by atoms with Crippen LogP contribution in [-0.4, -0.2) is 11.0 Å². The van der Waals surface area contributed by atoms with Crippen molar-refractivity contribution in [2.45, 2.75) is 64.8 Å². The first-order chi connectivity index (χ1) is 13.6. The summed E-state index contributed by atoms with van der Waals surface area (Å²) < 4.78 is 0. The van der Waals surface area contributed by atoms with E-state index in [4.69, 9.17) is 5.73 Å². The van der Waals surface area contributed by atoms with Crippen molar-refractivity contribution in [2.75, 3.05) is 16.4 Å². The van der Waals surface area contributed by atoms with Gasteiger partial charge in [0.05, 0.1) is 11.4 Å². The summed E-state index contributed by atoms with van der Waals surface area (Å²) in [4.78, 5) is 12.1. The number of anilines is 3. The van der Waals surface area contributed by atoms with Crippen molar-refractivity contribution in [1.29, 1.82) is 0 Å². The highest BCUT2D eigenvalue weighted by atomic mass is 16.3. The maximum Gasteiger partial charge on any atom is 0.224 e. The topological polar surface area (TPSA) is 87.4 Å². The van der Waals surface area contributed by atoms with Crippen molar-refractivity contribution in [2.24, 2.45) is 0 Å². The molecule has 1 amide bonds. The Morgan fingerprint density at radius 3 is 2.32 bits per heavy atom. The molecule has 152 valence electrons. The van der Waals surface area contributed by atoms with Gasteiger partial charge in [-0.05, 0) is 42.3 Å². The van der Waals surface area contributed by atoms with Crippen LogP contribution in [-0.2, 0) is 11.3 Å². The Labute approximate surface area is 168 Å². The van der Waals surface area contributed by atoms with Gasteiger partial charge in [0.2, 0.25) is 5.91 Å². The van der Waals surface area contributed by atoms with Crippen LogP contribution in [0.25, 0.3) is 0 Å². The van der Waals surface area contributed by atoms with E-state index in [1.807, 2.05) is 30.3 Å². The summed E-state index contributed by atoms with van der Waals surface area (Å²) in [5.41, 5.74) is 9.24. The third-order valence-corrected chi connectivity index (χ3v) is 4.77. The maximum absolute atomic E-state index is 12.1. The molecule has 2 aromatic rings. The number of phenols is 1. The van der Waals surface area contributed by atoms with Crippen LogP contribution in [0.3, 0.4) is 0 Å². The van der Waals surface area contributed by atoms with E-state index in [-0.39, 0.29) is 11.7 Å². The number of amides is 1. The zero-order chi connectivity index (χ0) is 20.2. The average Bonchev–Trinajstić information content (AvgIpc) is 2.69. The number of nitrogen functional groups attached to an aromatic ring is 1. The van der Waals surface area contributed by atoms with Crippen molar-refractivity contribution >= 4 is 23.0 Å². The molecule has 0 aromatic heterocycles. The molecule has 0 spiro atoms. The van der Waals surface area contributed by atoms with Gasteiger partial charge in [0.1, 0.15) is 5.75 Å². The molecule has 0 aliphatic rings. The smallest absolute Gasteiger partial charge is 0.224 e. The molecule has 2 aromatic carbocycles. The van der Waals surface area contributed by atoms with Gasteiger partial charge in [-0.15, -0.1) is 0 Å². The normalized spacial score (nSPS) is 10.6. The molecule has 0 heterocycles. The fourth-order valence-corrected chi connectivity index (χ4v) is 3.06. The number of carbonyl (C=O) groups is 1. The van der Waals surface area contributed by atoms with Crippen molar-refractivity contribution in [3.8, 4) is 5.75 Å². The van der Waals surface area contributed by atoms with Crippen molar-refractivity contribution < 1.29 is 9.90 Å². The molecular formula is C23H33N3O2. The molecule has 0 saturated carbocycles. The van der Waals surface area contributed by atoms with Gasteiger partial charge in [0.15, 0.2) is 0 Å². The van der Waals surface area contributed by atoms with Gasteiger partial charge in [-0.25, -0.2) is 0 Å². The second kappa shape index (κ2) is 11.9. The first kappa shape index (κ1) is 21.6. The Bertz CT molecular complexity index is 729. The Kier molecular flexibility index (Phi) is 9.19. The Hall–Kier alpha value is -2.69. The molecule has 5 N–H and O–H groups in total. The minimum absolute atomic E-state index is 0.0186. The summed E-state index contributed by atoms with van der Waals surface area (Å²) >= 11 is 0. The largest absolute Gasteiger partial charge is 0.508 e. The lowest BCUT2D eigenvalue weighted by Crippen LogP contribution is -2.12. The van der Waals surface area contributed by atoms with Crippen molar-refractivity contribution in [3.05, 3.63) is 48.0 Å². The summed E-state index contributed by atoms with van der Waals surface area (Å²) in [5.74, 6) is 0.273. The fourth-order valence-electron chi connectivity index (χ4n) is 3.06. The van der Waals surface area contributed by atoms with Crippen LogP contribution in [0.2, 0.25) is 0 Å². The summed E-state index contributed by atoms with van der Waals surface area (Å²) in [5, 5.41) is 15.5. The van der Waals surface area contributed by atoms with Gasteiger partial charge in [-0.2, -0.15) is 0 Å². The molecule has 0 fully saturated rings. The van der Waals surface area contributed by atoms with E-state index in [2.05, 4.69) is 17.6 Å². The van der Waals surface area contributed by atoms with Crippen LogP contribution in [0.5, 0.6) is 5.75 Å². The molecule has 0 saturated heterocycles. The number of aromatic hydroxyl groups is 1. The molecule has 0 aliphatic carbocycles. The second-order valence-electron chi connectivity index (χ2n) is 7.24. The summed E-state index contributed by atoms with van der Waals surface area (Å²) in [6, 6.07) is 12.6. The number of hydrogen-bond donors (Lipinski definition) is 4. The molecule has 5 nitrogen and oxygen atoms in total. The summed E-state index contributed by atoms with van der Waals surface area (Å²) in [7, 11) is 0. The molecule has 0 unspecified atom stereocenters. The lowest BCUT2D eigenvalue weighted by molar-refractivity contribution is -0.116. The van der Waals surface area contributed by atoms with E-state index in [0.29, 0.717) is 24.3 Å². The van der Waals surface area contributed by atoms with Crippen molar-refractivity contribution in [3.63, 3.8) is 0 Å². The highest BCUT2D eigenvalue weighted by Gasteiger charge is 2.06. The number of hydrogen-bond acceptors (Lipinski definition) is 4. The van der Waals surface area contributed by atoms with E-state index >= 15 is 0 Å². The van der Waals surface area contributed by atoms with Crippen LogP contribution in [0.15, 0.2) is 42.5 Å². The standard InChI is InChI=1S/C23H33N3O2/c1-2-3-4-5-6-7-8-9-23(28)26-22-15-12-19(16-21(22)24)25-17-18-10-13-20(27)14-11-18/h10-16,25,27H,2-9,17,24H2,1H3,(H,26,28). The Morgan fingerprint density at radius 1 is 0.964 bits per heavy atom. The highest BCUT2D eigenvalue weighted by Crippen LogP contribution is 2.24. The minimum atomic E-state index is 0.0186. The van der Waals surface area contributed by atoms with Gasteiger partial charge < -0.3 is 21.5 Å². The fraction of sp³-hybridized carbons (Fsp3) is 0.435. The molecule has 5 heteroatoms. The Balaban J connectivity index is 1.72. The number of rotatable bonds is 12. The van der Waals surface area contributed by atoms with Gasteiger partial charge in [-0.1, -0.05) is 57.6 Å². The quantitative estimate of drug-likeness (QED) is 0.281. The van der Waals surface area contributed by atoms with Gasteiger partial charge in [0.25, 0.3) is 0 Å². The Morgan fingerprint density at radius 2 is 1.64 bits per heavy atom. The lowest BCUT2D eigenvalue weighted by Gasteiger charge is -2.12. The molecule has 0 radical (unpaired) electrons. The first-order valence-electron chi connectivity index (χ1n) is 10.3. The number of unbranched alkanes of at least 4 members (excludes halogenated alkanes) is 6. The molecular weight excluding hydrogens is 350 g/mol. The third kappa shape index (κ3) is 7.91. The number of phenolic OH excluding ortho intramolecular Hbond substituents is 1. The van der Waals surface area contributed by atoms with E-state index in [9.17, 15) is 9.90 Å². The predicted molar refractivity (Wildman–Crippen MR) is 118 cm³/mol. The van der Waals surface area contributed by atoms with Gasteiger partial charge in [-0.3, -0.25) is 4.79 Å². The maximum atomic E-state index is 12.1. The molecule has 0 atom stereocenters. The van der Waals surface area contributed by atoms with Crippen LogP contribution in [0.1, 0.15) is 63.9 Å². The molecule has 0 aliphatic heterocycles. The zero-order valence-electron chi connectivity index (χ0n) is 16.8. The zero-order valence-corrected chi connectivity index (χ0v) is 16.8. The van der Waals surface area contributed by atoms with Crippen LogP contribution in [0.4, 0.5) is 17.1 Å². The van der Waals surface area contributed by atoms with E-state index in [1.165, 1.54) is 32.1 Å². The van der Waals surface area contributed by atoms with Crippen LogP contribution in [0, 0.1) is 0 Å². The minimum Gasteiger partial charge on any atom is -0.508 e.